The van der Waals surface area contributed by atoms with Crippen LogP contribution in [0.25, 0.3) is 5.78 Å². The number of hydrogen-bond acceptors (Lipinski definition) is 5. The van der Waals surface area contributed by atoms with Crippen LogP contribution in [0.15, 0.2) is 54.6 Å². The zero-order chi connectivity index (χ0) is 19.7. The summed E-state index contributed by atoms with van der Waals surface area (Å²) in [5.41, 5.74) is 1.43. The second kappa shape index (κ2) is 7.55. The molecule has 8 heteroatoms. The third-order valence-electron chi connectivity index (χ3n) is 4.39. The van der Waals surface area contributed by atoms with Crippen molar-refractivity contribution in [1.82, 2.24) is 19.6 Å². The highest BCUT2D eigenvalue weighted by molar-refractivity contribution is 7.80. The van der Waals surface area contributed by atoms with E-state index in [2.05, 4.69) is 27.7 Å². The highest BCUT2D eigenvalue weighted by Crippen LogP contribution is 2.31. The number of nitrogens with zero attached hydrogens (tertiary/aromatic N) is 4. The Kier molecular flexibility index (Phi) is 4.95. The Labute approximate surface area is 165 Å². The van der Waals surface area contributed by atoms with Gasteiger partial charge in [-0.1, -0.05) is 42.5 Å². The Morgan fingerprint density at radius 1 is 1.00 bits per heavy atom. The van der Waals surface area contributed by atoms with E-state index in [1.807, 2.05) is 30.3 Å². The fraction of sp³-hybridized carbons (Fsp3) is 0.150. The minimum absolute atomic E-state index is 0.0309. The van der Waals surface area contributed by atoms with Crippen LogP contribution in [0, 0.1) is 11.6 Å². The van der Waals surface area contributed by atoms with Crippen LogP contribution >= 0.6 is 12.6 Å². The molecule has 28 heavy (non-hydrogen) atoms. The number of benzene rings is 2. The van der Waals surface area contributed by atoms with E-state index >= 15 is 0 Å². The summed E-state index contributed by atoms with van der Waals surface area (Å²) in [6.07, 6.45) is 1.32. The summed E-state index contributed by atoms with van der Waals surface area (Å²) in [6, 6.07) is 15.1. The third kappa shape index (κ3) is 3.55. The normalized spacial score (nSPS) is 12.4. The predicted molar refractivity (Wildman–Crippen MR) is 103 cm³/mol. The summed E-state index contributed by atoms with van der Waals surface area (Å²) in [5.74, 6) is -1.46. The molecule has 0 aliphatic carbocycles. The molecule has 2 aromatic carbocycles. The van der Waals surface area contributed by atoms with Crippen LogP contribution in [0.2, 0.25) is 0 Å². The molecule has 4 rings (SSSR count). The zero-order valence-electron chi connectivity index (χ0n) is 14.6. The Bertz CT molecular complexity index is 1130. The van der Waals surface area contributed by atoms with E-state index in [0.717, 1.165) is 18.1 Å². The van der Waals surface area contributed by atoms with Crippen LogP contribution < -0.4 is 0 Å². The molecule has 5 nitrogen and oxygen atoms in total. The minimum Gasteiger partial charge on any atom is -0.493 e. The van der Waals surface area contributed by atoms with Gasteiger partial charge in [0.25, 0.3) is 5.78 Å². The monoisotopic (exact) mass is 398 g/mol. The molecule has 0 bridgehead atoms. The maximum atomic E-state index is 14.1. The summed E-state index contributed by atoms with van der Waals surface area (Å²) in [4.78, 5) is 8.67. The number of aryl methyl sites for hydroxylation is 2. The lowest BCUT2D eigenvalue weighted by molar-refractivity contribution is 0.433. The molecule has 2 heterocycles. The number of thiol groups is 1. The van der Waals surface area contributed by atoms with Crippen LogP contribution in [-0.2, 0) is 12.8 Å². The molecule has 2 aromatic heterocycles. The molecule has 142 valence electrons. The van der Waals surface area contributed by atoms with Gasteiger partial charge in [0, 0.05) is 18.1 Å². The third-order valence-corrected chi connectivity index (χ3v) is 4.94. The summed E-state index contributed by atoms with van der Waals surface area (Å²) in [7, 11) is 0. The first-order valence-electron chi connectivity index (χ1n) is 8.64. The molecule has 0 saturated carbocycles. The highest BCUT2D eigenvalue weighted by atomic mass is 32.1. The largest absolute Gasteiger partial charge is 0.493 e. The van der Waals surface area contributed by atoms with Gasteiger partial charge in [-0.25, -0.2) is 13.8 Å². The van der Waals surface area contributed by atoms with Crippen molar-refractivity contribution in [3.8, 4) is 5.88 Å². The number of rotatable bonds is 5. The molecular formula is C20H16F2N4OS. The van der Waals surface area contributed by atoms with Gasteiger partial charge in [0.05, 0.1) is 10.9 Å². The Morgan fingerprint density at radius 2 is 1.79 bits per heavy atom. The summed E-state index contributed by atoms with van der Waals surface area (Å²) in [5, 5.41) is 13.7. The van der Waals surface area contributed by atoms with Gasteiger partial charge in [-0.05, 0) is 18.1 Å². The summed E-state index contributed by atoms with van der Waals surface area (Å²) < 4.78 is 28.8. The Hall–Kier alpha value is -3.00. The first-order valence-corrected chi connectivity index (χ1v) is 9.16. The molecule has 0 saturated heterocycles. The van der Waals surface area contributed by atoms with Gasteiger partial charge in [0.2, 0.25) is 5.88 Å². The van der Waals surface area contributed by atoms with E-state index in [0.29, 0.717) is 12.2 Å². The molecule has 0 aliphatic rings. The van der Waals surface area contributed by atoms with Gasteiger partial charge in [-0.15, -0.1) is 5.10 Å². The van der Waals surface area contributed by atoms with Crippen molar-refractivity contribution in [3.63, 3.8) is 0 Å². The lowest BCUT2D eigenvalue weighted by Crippen LogP contribution is -2.04. The number of aromatic nitrogens is 4. The number of fused-ring (bicyclic) bond motifs is 1. The van der Waals surface area contributed by atoms with Gasteiger partial charge in [-0.2, -0.15) is 22.1 Å². The second-order valence-electron chi connectivity index (χ2n) is 6.31. The average Bonchev–Trinajstić information content (AvgIpc) is 3.12. The molecule has 0 amide bonds. The number of aromatic hydroxyl groups is 1. The number of halogens is 2. The topological polar surface area (TPSA) is 63.3 Å². The van der Waals surface area contributed by atoms with Crippen molar-refractivity contribution in [1.29, 1.82) is 0 Å². The number of hydrogen-bond donors (Lipinski definition) is 2. The first kappa shape index (κ1) is 18.4. The van der Waals surface area contributed by atoms with Crippen molar-refractivity contribution < 1.29 is 13.9 Å². The molecule has 0 fully saturated rings. The fourth-order valence-corrected chi connectivity index (χ4v) is 3.28. The van der Waals surface area contributed by atoms with E-state index < -0.39 is 16.9 Å². The predicted octanol–water partition coefficient (Wildman–Crippen LogP) is 3.91. The van der Waals surface area contributed by atoms with Gasteiger partial charge in [-0.3, -0.25) is 0 Å². The standard InChI is InChI=1S/C20H16F2N4OS/c21-14-8-4-7-13(18(14)22)19(28)15-11-17(27)26-20(23-15)24-16(25-26)10-9-12-5-2-1-3-6-12/h1-8,11,19,27-28H,9-10H2. The van der Waals surface area contributed by atoms with Crippen LogP contribution in [0.4, 0.5) is 8.78 Å². The van der Waals surface area contributed by atoms with Crippen LogP contribution in [0.1, 0.15) is 27.9 Å². The van der Waals surface area contributed by atoms with Crippen molar-refractivity contribution >= 4 is 18.4 Å². The molecule has 0 aliphatic heterocycles. The van der Waals surface area contributed by atoms with Gasteiger partial charge in [0.15, 0.2) is 17.5 Å². The molecule has 0 spiro atoms. The summed E-state index contributed by atoms with van der Waals surface area (Å²) in [6.45, 7) is 0. The van der Waals surface area contributed by atoms with E-state index in [1.54, 1.807) is 0 Å². The van der Waals surface area contributed by atoms with Crippen LogP contribution in [0.3, 0.4) is 0 Å². The maximum Gasteiger partial charge on any atom is 0.255 e. The molecular weight excluding hydrogens is 382 g/mol. The van der Waals surface area contributed by atoms with E-state index in [9.17, 15) is 13.9 Å². The first-order chi connectivity index (χ1) is 13.5. The van der Waals surface area contributed by atoms with Crippen LogP contribution in [-0.4, -0.2) is 24.7 Å². The average molecular weight is 398 g/mol. The van der Waals surface area contributed by atoms with Crippen molar-refractivity contribution in [3.05, 3.63) is 88.9 Å². The van der Waals surface area contributed by atoms with Crippen molar-refractivity contribution in [2.24, 2.45) is 0 Å². The lowest BCUT2D eigenvalue weighted by Gasteiger charge is -2.12. The van der Waals surface area contributed by atoms with Crippen molar-refractivity contribution in [2.75, 3.05) is 0 Å². The zero-order valence-corrected chi connectivity index (χ0v) is 15.5. The quantitative estimate of drug-likeness (QED) is 0.501. The molecule has 1 unspecified atom stereocenters. The van der Waals surface area contributed by atoms with Crippen molar-refractivity contribution in [2.45, 2.75) is 18.1 Å². The second-order valence-corrected chi connectivity index (χ2v) is 6.83. The van der Waals surface area contributed by atoms with Crippen LogP contribution in [0.5, 0.6) is 5.88 Å². The van der Waals surface area contributed by atoms with Gasteiger partial charge in [0.1, 0.15) is 0 Å². The van der Waals surface area contributed by atoms with E-state index in [4.69, 9.17) is 0 Å². The highest BCUT2D eigenvalue weighted by Gasteiger charge is 2.20. The molecule has 0 radical (unpaired) electrons. The Morgan fingerprint density at radius 3 is 2.57 bits per heavy atom. The SMILES string of the molecule is Oc1cc(C(S)c2cccc(F)c2F)nc2nc(CCc3ccccc3)nn12. The smallest absolute Gasteiger partial charge is 0.255 e. The molecule has 1 N–H and O–H groups in total. The molecule has 1 atom stereocenters. The van der Waals surface area contributed by atoms with Gasteiger partial charge >= 0.3 is 0 Å². The molecule has 4 aromatic rings. The lowest BCUT2D eigenvalue weighted by atomic mass is 10.1. The van der Waals surface area contributed by atoms with E-state index in [1.165, 1.54) is 22.7 Å². The Balaban J connectivity index is 1.63. The maximum absolute atomic E-state index is 14.1. The van der Waals surface area contributed by atoms with Gasteiger partial charge < -0.3 is 5.11 Å². The summed E-state index contributed by atoms with van der Waals surface area (Å²) >= 11 is 4.36. The fourth-order valence-electron chi connectivity index (χ4n) is 2.95. The minimum atomic E-state index is -0.992. The van der Waals surface area contributed by atoms with E-state index in [-0.39, 0.29) is 22.9 Å².